The summed E-state index contributed by atoms with van der Waals surface area (Å²) >= 11 is 0. The Labute approximate surface area is 142 Å². The van der Waals surface area contributed by atoms with E-state index >= 15 is 0 Å². The zero-order chi connectivity index (χ0) is 17.4. The van der Waals surface area contributed by atoms with Gasteiger partial charge in [-0.1, -0.05) is 12.1 Å². The summed E-state index contributed by atoms with van der Waals surface area (Å²) in [6.45, 7) is 1.32. The zero-order valence-electron chi connectivity index (χ0n) is 13.9. The Balaban J connectivity index is 1.81. The lowest BCUT2D eigenvalue weighted by atomic mass is 9.87. The van der Waals surface area contributed by atoms with E-state index in [1.54, 1.807) is 6.07 Å². The fraction of sp³-hybridized carbons (Fsp3) is 0.588. The van der Waals surface area contributed by atoms with Crippen LogP contribution >= 0.6 is 0 Å². The molecular weight excluding hydrogens is 331 g/mol. The predicted molar refractivity (Wildman–Crippen MR) is 89.2 cm³/mol. The molecule has 7 heteroatoms. The van der Waals surface area contributed by atoms with Crippen molar-refractivity contribution in [3.63, 3.8) is 0 Å². The third kappa shape index (κ3) is 3.47. The highest BCUT2D eigenvalue weighted by Gasteiger charge is 2.46. The molecule has 3 rings (SSSR count). The molecule has 0 radical (unpaired) electrons. The van der Waals surface area contributed by atoms with Crippen LogP contribution in [0.1, 0.15) is 37.7 Å². The molecule has 0 N–H and O–H groups in total. The van der Waals surface area contributed by atoms with E-state index < -0.39 is 10.0 Å². The number of halogens is 1. The van der Waals surface area contributed by atoms with Crippen molar-refractivity contribution in [1.29, 1.82) is 0 Å². The molecule has 2 aliphatic heterocycles. The maximum absolute atomic E-state index is 13.4. The van der Waals surface area contributed by atoms with Crippen LogP contribution in [0.15, 0.2) is 24.3 Å². The van der Waals surface area contributed by atoms with Crippen LogP contribution in [0.4, 0.5) is 4.39 Å². The minimum absolute atomic E-state index is 0.0760. The van der Waals surface area contributed by atoms with Crippen LogP contribution in [-0.4, -0.2) is 48.4 Å². The summed E-state index contributed by atoms with van der Waals surface area (Å²) in [6.07, 6.45) is 4.63. The fourth-order valence-corrected chi connectivity index (χ4v) is 4.84. The Hall–Kier alpha value is -1.47. The highest BCUT2D eigenvalue weighted by Crippen LogP contribution is 2.40. The zero-order valence-corrected chi connectivity index (χ0v) is 14.7. The number of carbonyl (C=O) groups excluding carboxylic acids is 1. The normalized spacial score (nSPS) is 26.1. The van der Waals surface area contributed by atoms with E-state index in [0.717, 1.165) is 24.8 Å². The molecule has 132 valence electrons. The second-order valence-electron chi connectivity index (χ2n) is 6.85. The van der Waals surface area contributed by atoms with Crippen LogP contribution in [0, 0.1) is 5.82 Å². The fourth-order valence-electron chi connectivity index (χ4n) is 3.95. The van der Waals surface area contributed by atoms with E-state index in [-0.39, 0.29) is 17.3 Å². The van der Waals surface area contributed by atoms with Gasteiger partial charge < -0.3 is 4.90 Å². The monoisotopic (exact) mass is 354 g/mol. The average Bonchev–Trinajstić information content (AvgIpc) is 2.70. The van der Waals surface area contributed by atoms with Crippen molar-refractivity contribution < 1.29 is 17.6 Å². The number of rotatable bonds is 3. The number of nitrogens with zero attached hydrogens (tertiary/aromatic N) is 2. The molecule has 0 bridgehead atoms. The van der Waals surface area contributed by atoms with Crippen molar-refractivity contribution in [2.45, 2.75) is 44.2 Å². The van der Waals surface area contributed by atoms with Gasteiger partial charge in [0.25, 0.3) is 0 Å². The van der Waals surface area contributed by atoms with Crippen molar-refractivity contribution in [3.05, 3.63) is 35.6 Å². The van der Waals surface area contributed by atoms with Gasteiger partial charge in [-0.05, 0) is 43.4 Å². The lowest BCUT2D eigenvalue weighted by Crippen LogP contribution is -2.46. The Morgan fingerprint density at radius 2 is 2.00 bits per heavy atom. The van der Waals surface area contributed by atoms with Crippen LogP contribution < -0.4 is 0 Å². The van der Waals surface area contributed by atoms with Gasteiger partial charge in [0.2, 0.25) is 15.9 Å². The first-order chi connectivity index (χ1) is 11.3. The van der Waals surface area contributed by atoms with Crippen LogP contribution in [0.5, 0.6) is 0 Å². The topological polar surface area (TPSA) is 57.7 Å². The second kappa shape index (κ2) is 6.44. The van der Waals surface area contributed by atoms with Gasteiger partial charge in [-0.2, -0.15) is 0 Å². The number of sulfonamides is 1. The summed E-state index contributed by atoms with van der Waals surface area (Å²) in [6, 6.07) is 6.32. The van der Waals surface area contributed by atoms with Crippen LogP contribution in [0.3, 0.4) is 0 Å². The summed E-state index contributed by atoms with van der Waals surface area (Å²) in [4.78, 5) is 14.3. The first-order valence-corrected chi connectivity index (χ1v) is 10.2. The van der Waals surface area contributed by atoms with Gasteiger partial charge in [-0.25, -0.2) is 17.1 Å². The van der Waals surface area contributed by atoms with Crippen molar-refractivity contribution >= 4 is 15.9 Å². The molecule has 0 aromatic heterocycles. The molecule has 2 heterocycles. The SMILES string of the molecule is CS(=O)(=O)N1CCCC2(CCC(=O)N2Cc2cccc(F)c2)CC1. The van der Waals surface area contributed by atoms with Gasteiger partial charge in [0.15, 0.2) is 0 Å². The molecule has 5 nitrogen and oxygen atoms in total. The number of carbonyl (C=O) groups is 1. The maximum Gasteiger partial charge on any atom is 0.223 e. The third-order valence-corrected chi connectivity index (χ3v) is 6.56. The molecule has 0 aliphatic carbocycles. The molecule has 2 fully saturated rings. The smallest absolute Gasteiger partial charge is 0.223 e. The summed E-state index contributed by atoms with van der Waals surface area (Å²) in [5.41, 5.74) is 0.469. The number of hydrogen-bond acceptors (Lipinski definition) is 3. The first kappa shape index (κ1) is 17.4. The average molecular weight is 354 g/mol. The van der Waals surface area contributed by atoms with Crippen LogP contribution in [0.2, 0.25) is 0 Å². The van der Waals surface area contributed by atoms with Crippen LogP contribution in [-0.2, 0) is 21.4 Å². The Bertz CT molecular complexity index is 737. The highest BCUT2D eigenvalue weighted by atomic mass is 32.2. The van der Waals surface area contributed by atoms with E-state index in [9.17, 15) is 17.6 Å². The molecule has 2 saturated heterocycles. The molecule has 2 aliphatic rings. The van der Waals surface area contributed by atoms with E-state index in [1.807, 2.05) is 11.0 Å². The van der Waals surface area contributed by atoms with Crippen LogP contribution in [0.25, 0.3) is 0 Å². The quantitative estimate of drug-likeness (QED) is 0.836. The molecule has 24 heavy (non-hydrogen) atoms. The van der Waals surface area contributed by atoms with E-state index in [2.05, 4.69) is 0 Å². The molecule has 1 spiro atoms. The van der Waals surface area contributed by atoms with Gasteiger partial charge in [-0.15, -0.1) is 0 Å². The van der Waals surface area contributed by atoms with Crippen molar-refractivity contribution in [1.82, 2.24) is 9.21 Å². The molecule has 1 amide bonds. The van der Waals surface area contributed by atoms with Crippen molar-refractivity contribution in [2.75, 3.05) is 19.3 Å². The van der Waals surface area contributed by atoms with E-state index in [1.165, 1.54) is 22.7 Å². The maximum atomic E-state index is 13.4. The lowest BCUT2D eigenvalue weighted by Gasteiger charge is -2.38. The Kier molecular flexibility index (Phi) is 4.66. The lowest BCUT2D eigenvalue weighted by molar-refractivity contribution is -0.132. The van der Waals surface area contributed by atoms with Gasteiger partial charge in [-0.3, -0.25) is 4.79 Å². The molecular formula is C17H23FN2O3S. The van der Waals surface area contributed by atoms with Crippen molar-refractivity contribution in [2.24, 2.45) is 0 Å². The number of benzene rings is 1. The summed E-state index contributed by atoms with van der Waals surface area (Å²) in [5.74, 6) is -0.232. The summed E-state index contributed by atoms with van der Waals surface area (Å²) < 4.78 is 38.6. The van der Waals surface area contributed by atoms with Gasteiger partial charge in [0.05, 0.1) is 6.26 Å². The second-order valence-corrected chi connectivity index (χ2v) is 8.83. The van der Waals surface area contributed by atoms with E-state index in [0.29, 0.717) is 32.5 Å². The molecule has 1 atom stereocenters. The van der Waals surface area contributed by atoms with E-state index in [4.69, 9.17) is 0 Å². The molecule has 0 saturated carbocycles. The van der Waals surface area contributed by atoms with Gasteiger partial charge >= 0.3 is 0 Å². The summed E-state index contributed by atoms with van der Waals surface area (Å²) in [7, 11) is -3.21. The van der Waals surface area contributed by atoms with Gasteiger partial charge in [0, 0.05) is 31.6 Å². The standard InChI is InChI=1S/C17H23FN2O3S/c1-24(22,23)19-10-3-7-17(9-11-19)8-6-16(21)20(17)13-14-4-2-5-15(18)12-14/h2,4-5,12H,3,6-11,13H2,1H3. The highest BCUT2D eigenvalue weighted by molar-refractivity contribution is 7.88. The Morgan fingerprint density at radius 1 is 1.21 bits per heavy atom. The number of hydrogen-bond donors (Lipinski definition) is 0. The molecule has 1 aromatic rings. The largest absolute Gasteiger partial charge is 0.333 e. The van der Waals surface area contributed by atoms with Crippen molar-refractivity contribution in [3.8, 4) is 0 Å². The van der Waals surface area contributed by atoms with Gasteiger partial charge in [0.1, 0.15) is 5.82 Å². The predicted octanol–water partition coefficient (Wildman–Crippen LogP) is 2.13. The third-order valence-electron chi connectivity index (χ3n) is 5.25. The molecule has 1 aromatic carbocycles. The minimum Gasteiger partial charge on any atom is -0.333 e. The molecule has 1 unspecified atom stereocenters. The Morgan fingerprint density at radius 3 is 2.71 bits per heavy atom. The number of likely N-dealkylation sites (tertiary alicyclic amines) is 1. The summed E-state index contributed by atoms with van der Waals surface area (Å²) in [5, 5.41) is 0. The minimum atomic E-state index is -3.21. The number of amides is 1. The first-order valence-electron chi connectivity index (χ1n) is 8.30.